The predicted octanol–water partition coefficient (Wildman–Crippen LogP) is 2.00. The Morgan fingerprint density at radius 3 is 2.55 bits per heavy atom. The van der Waals surface area contributed by atoms with E-state index in [1.807, 2.05) is 44.2 Å². The normalized spacial score (nSPS) is 34.1. The lowest BCUT2D eigenvalue weighted by atomic mass is 9.88. The first-order valence-electron chi connectivity index (χ1n) is 7.11. The number of aliphatic hydroxyl groups is 1. The van der Waals surface area contributed by atoms with Gasteiger partial charge in [0.25, 0.3) is 0 Å². The van der Waals surface area contributed by atoms with Gasteiger partial charge in [-0.2, -0.15) is 0 Å². The molecule has 1 fully saturated rings. The highest BCUT2D eigenvalue weighted by atomic mass is 16.6. The molecule has 1 heterocycles. The second-order valence-electron chi connectivity index (χ2n) is 5.43. The van der Waals surface area contributed by atoms with Gasteiger partial charge < -0.3 is 19.3 Å². The van der Waals surface area contributed by atoms with Gasteiger partial charge in [-0.05, 0) is 12.5 Å². The summed E-state index contributed by atoms with van der Waals surface area (Å²) in [5, 5.41) is 10.3. The van der Waals surface area contributed by atoms with E-state index in [1.54, 1.807) is 7.11 Å². The molecule has 1 aliphatic rings. The fourth-order valence-electron chi connectivity index (χ4n) is 2.81. The van der Waals surface area contributed by atoms with Gasteiger partial charge in [0, 0.05) is 13.0 Å². The van der Waals surface area contributed by atoms with E-state index < -0.39 is 6.10 Å². The number of methoxy groups -OCH3 is 1. The van der Waals surface area contributed by atoms with Crippen LogP contribution in [0.15, 0.2) is 30.3 Å². The average molecular weight is 280 g/mol. The fraction of sp³-hybridized carbons (Fsp3) is 0.625. The summed E-state index contributed by atoms with van der Waals surface area (Å²) in [4.78, 5) is 0. The van der Waals surface area contributed by atoms with Crippen LogP contribution in [0.5, 0.6) is 0 Å². The minimum absolute atomic E-state index is 0.0362. The second kappa shape index (κ2) is 7.18. The molecule has 1 aromatic rings. The first-order chi connectivity index (χ1) is 9.63. The van der Waals surface area contributed by atoms with Crippen LogP contribution >= 0.6 is 0 Å². The number of rotatable bonds is 5. The Bertz CT molecular complexity index is 395. The molecule has 0 aliphatic carbocycles. The van der Waals surface area contributed by atoms with Gasteiger partial charge in [-0.3, -0.25) is 0 Å². The zero-order valence-electron chi connectivity index (χ0n) is 12.4. The highest BCUT2D eigenvalue weighted by Gasteiger charge is 2.41. The van der Waals surface area contributed by atoms with Crippen LogP contribution in [-0.4, -0.2) is 43.2 Å². The lowest BCUT2D eigenvalue weighted by molar-refractivity contribution is -0.211. The molecule has 1 aromatic carbocycles. The highest BCUT2D eigenvalue weighted by molar-refractivity contribution is 5.13. The van der Waals surface area contributed by atoms with Crippen LogP contribution in [0.25, 0.3) is 0 Å². The first kappa shape index (κ1) is 15.4. The standard InChI is InChI=1S/C16H24O4/c1-11-15(17)14(20-12(2)16(11)18-3)10-19-9-13-7-5-4-6-8-13/h4-8,11-12,14-17H,9-10H2,1-3H3/t11-,12-,14?,15-,16?/m0/s1. The predicted molar refractivity (Wildman–Crippen MR) is 76.4 cm³/mol. The van der Waals surface area contributed by atoms with Crippen LogP contribution in [0.3, 0.4) is 0 Å². The number of benzene rings is 1. The third-order valence-electron chi connectivity index (χ3n) is 3.96. The minimum atomic E-state index is -0.563. The first-order valence-corrected chi connectivity index (χ1v) is 7.11. The van der Waals surface area contributed by atoms with Gasteiger partial charge in [0.05, 0.1) is 31.5 Å². The number of hydrogen-bond donors (Lipinski definition) is 1. The summed E-state index contributed by atoms with van der Waals surface area (Å²) in [6, 6.07) is 9.98. The SMILES string of the molecule is COC1[C@H](C)OC(COCc2ccccc2)[C@@H](O)[C@@H]1C. The van der Waals surface area contributed by atoms with Crippen molar-refractivity contribution in [2.45, 2.75) is 44.9 Å². The maximum Gasteiger partial charge on any atom is 0.107 e. The van der Waals surface area contributed by atoms with Crippen molar-refractivity contribution in [2.75, 3.05) is 13.7 Å². The third-order valence-corrected chi connectivity index (χ3v) is 3.96. The maximum absolute atomic E-state index is 10.3. The van der Waals surface area contributed by atoms with E-state index in [4.69, 9.17) is 14.2 Å². The van der Waals surface area contributed by atoms with E-state index in [9.17, 15) is 5.11 Å². The summed E-state index contributed by atoms with van der Waals surface area (Å²) in [7, 11) is 1.65. The van der Waals surface area contributed by atoms with Crippen molar-refractivity contribution in [3.63, 3.8) is 0 Å². The zero-order chi connectivity index (χ0) is 14.5. The second-order valence-corrected chi connectivity index (χ2v) is 5.43. The van der Waals surface area contributed by atoms with Gasteiger partial charge >= 0.3 is 0 Å². The van der Waals surface area contributed by atoms with Crippen molar-refractivity contribution in [3.8, 4) is 0 Å². The van der Waals surface area contributed by atoms with Crippen molar-refractivity contribution in [3.05, 3.63) is 35.9 Å². The molecule has 0 amide bonds. The van der Waals surface area contributed by atoms with Gasteiger partial charge in [-0.15, -0.1) is 0 Å². The molecule has 112 valence electrons. The molecule has 4 heteroatoms. The number of hydrogen-bond acceptors (Lipinski definition) is 4. The summed E-state index contributed by atoms with van der Waals surface area (Å²) in [5.74, 6) is 0.0362. The summed E-state index contributed by atoms with van der Waals surface area (Å²) < 4.78 is 16.9. The van der Waals surface area contributed by atoms with Crippen LogP contribution in [0, 0.1) is 5.92 Å². The van der Waals surface area contributed by atoms with Gasteiger partial charge in [0.15, 0.2) is 0 Å². The van der Waals surface area contributed by atoms with Gasteiger partial charge in [0.1, 0.15) is 6.10 Å². The molecule has 0 bridgehead atoms. The average Bonchev–Trinajstić information content (AvgIpc) is 2.46. The van der Waals surface area contributed by atoms with Crippen molar-refractivity contribution < 1.29 is 19.3 Å². The quantitative estimate of drug-likeness (QED) is 0.896. The molecule has 0 aromatic heterocycles. The highest BCUT2D eigenvalue weighted by Crippen LogP contribution is 2.27. The van der Waals surface area contributed by atoms with E-state index in [0.717, 1.165) is 5.56 Å². The van der Waals surface area contributed by atoms with Crippen molar-refractivity contribution in [1.82, 2.24) is 0 Å². The van der Waals surface area contributed by atoms with E-state index >= 15 is 0 Å². The monoisotopic (exact) mass is 280 g/mol. The summed E-state index contributed by atoms with van der Waals surface area (Å²) in [5.41, 5.74) is 1.12. The number of ether oxygens (including phenoxy) is 3. The van der Waals surface area contributed by atoms with E-state index in [1.165, 1.54) is 0 Å². The van der Waals surface area contributed by atoms with Gasteiger partial charge in [-0.1, -0.05) is 37.3 Å². The minimum Gasteiger partial charge on any atom is -0.390 e. The molecule has 2 rings (SSSR count). The van der Waals surface area contributed by atoms with E-state index in [0.29, 0.717) is 13.2 Å². The molecule has 0 radical (unpaired) electrons. The van der Waals surface area contributed by atoms with Crippen LogP contribution in [0.4, 0.5) is 0 Å². The smallest absolute Gasteiger partial charge is 0.107 e. The van der Waals surface area contributed by atoms with Gasteiger partial charge in [-0.25, -0.2) is 0 Å². The van der Waals surface area contributed by atoms with E-state index in [-0.39, 0.29) is 24.2 Å². The molecule has 5 atom stereocenters. The fourth-order valence-corrected chi connectivity index (χ4v) is 2.81. The van der Waals surface area contributed by atoms with Crippen LogP contribution in [0.1, 0.15) is 19.4 Å². The Labute approximate surface area is 120 Å². The maximum atomic E-state index is 10.3. The largest absolute Gasteiger partial charge is 0.390 e. The lowest BCUT2D eigenvalue weighted by Crippen LogP contribution is -2.54. The molecule has 2 unspecified atom stereocenters. The van der Waals surface area contributed by atoms with Crippen molar-refractivity contribution >= 4 is 0 Å². The molecular formula is C16H24O4. The number of aliphatic hydroxyl groups excluding tert-OH is 1. The molecule has 4 nitrogen and oxygen atoms in total. The summed E-state index contributed by atoms with van der Waals surface area (Å²) in [6.45, 7) is 4.88. The van der Waals surface area contributed by atoms with Crippen molar-refractivity contribution in [1.29, 1.82) is 0 Å². The topological polar surface area (TPSA) is 47.9 Å². The van der Waals surface area contributed by atoms with E-state index in [2.05, 4.69) is 0 Å². The molecule has 0 spiro atoms. The van der Waals surface area contributed by atoms with Crippen LogP contribution in [-0.2, 0) is 20.8 Å². The molecular weight excluding hydrogens is 256 g/mol. The lowest BCUT2D eigenvalue weighted by Gasteiger charge is -2.41. The third kappa shape index (κ3) is 3.58. The Hall–Kier alpha value is -0.940. The molecule has 1 saturated heterocycles. The zero-order valence-corrected chi connectivity index (χ0v) is 12.4. The van der Waals surface area contributed by atoms with Crippen LogP contribution < -0.4 is 0 Å². The summed E-state index contributed by atoms with van der Waals surface area (Å²) in [6.07, 6.45) is -0.971. The Morgan fingerprint density at radius 2 is 1.90 bits per heavy atom. The Morgan fingerprint density at radius 1 is 1.20 bits per heavy atom. The van der Waals surface area contributed by atoms with Crippen LogP contribution in [0.2, 0.25) is 0 Å². The molecule has 1 aliphatic heterocycles. The molecule has 1 N–H and O–H groups in total. The Kier molecular flexibility index (Phi) is 5.54. The Balaban J connectivity index is 1.84. The summed E-state index contributed by atoms with van der Waals surface area (Å²) >= 11 is 0. The molecule has 20 heavy (non-hydrogen) atoms. The van der Waals surface area contributed by atoms with Gasteiger partial charge in [0.2, 0.25) is 0 Å². The van der Waals surface area contributed by atoms with Crippen molar-refractivity contribution in [2.24, 2.45) is 5.92 Å². The molecule has 0 saturated carbocycles.